The Morgan fingerprint density at radius 3 is 2.84 bits per heavy atom. The molecule has 0 aliphatic heterocycles. The van der Waals surface area contributed by atoms with E-state index in [9.17, 15) is 0 Å². The van der Waals surface area contributed by atoms with Gasteiger partial charge in [-0.15, -0.1) is 11.6 Å². The summed E-state index contributed by atoms with van der Waals surface area (Å²) in [5, 5.41) is 0.818. The topological polar surface area (TPSA) is 30.7 Å². The molecule has 1 fully saturated rings. The number of rotatable bonds is 3. The van der Waals surface area contributed by atoms with Gasteiger partial charge in [-0.2, -0.15) is 11.8 Å². The van der Waals surface area contributed by atoms with Crippen LogP contribution in [0.2, 0.25) is 0 Å². The van der Waals surface area contributed by atoms with Gasteiger partial charge in [-0.25, -0.2) is 9.97 Å². The average Bonchev–Trinajstić information content (AvgIpc) is 2.86. The van der Waals surface area contributed by atoms with Crippen LogP contribution in [0.3, 0.4) is 0 Å². The number of nitrogens with zero attached hydrogens (tertiary/aromatic N) is 3. The molecule has 3 rings (SSSR count). The van der Waals surface area contributed by atoms with Crippen LogP contribution < -0.4 is 0 Å². The highest BCUT2D eigenvalue weighted by Gasteiger charge is 2.25. The zero-order valence-electron chi connectivity index (χ0n) is 11.1. The van der Waals surface area contributed by atoms with Crippen molar-refractivity contribution in [3.8, 4) is 0 Å². The molecule has 0 radical (unpaired) electrons. The fraction of sp³-hybridized carbons (Fsp3) is 0.571. The molecule has 1 saturated carbocycles. The van der Waals surface area contributed by atoms with E-state index in [1.54, 1.807) is 0 Å². The van der Waals surface area contributed by atoms with E-state index >= 15 is 0 Å². The molecule has 0 spiro atoms. The van der Waals surface area contributed by atoms with Crippen molar-refractivity contribution in [1.29, 1.82) is 0 Å². The summed E-state index contributed by atoms with van der Waals surface area (Å²) in [4.78, 5) is 9.11. The number of fused-ring (bicyclic) bond motifs is 1. The van der Waals surface area contributed by atoms with Crippen LogP contribution in [-0.2, 0) is 5.88 Å². The lowest BCUT2D eigenvalue weighted by molar-refractivity contribution is 0.360. The lowest BCUT2D eigenvalue weighted by Gasteiger charge is -2.29. The van der Waals surface area contributed by atoms with E-state index in [1.165, 1.54) is 25.7 Å². The van der Waals surface area contributed by atoms with Crippen LogP contribution in [-0.4, -0.2) is 26.0 Å². The Hall–Kier alpha value is -0.740. The first-order valence-electron chi connectivity index (χ1n) is 6.74. The number of imidazole rings is 1. The third-order valence-corrected chi connectivity index (χ3v) is 5.36. The van der Waals surface area contributed by atoms with E-state index in [-0.39, 0.29) is 0 Å². The monoisotopic (exact) mass is 295 g/mol. The first kappa shape index (κ1) is 13.3. The summed E-state index contributed by atoms with van der Waals surface area (Å²) in [7, 11) is 0. The summed E-state index contributed by atoms with van der Waals surface area (Å²) in [5.74, 6) is 1.42. The van der Waals surface area contributed by atoms with Crippen LogP contribution in [0.4, 0.5) is 0 Å². The van der Waals surface area contributed by atoms with Crippen molar-refractivity contribution in [2.24, 2.45) is 0 Å². The van der Waals surface area contributed by atoms with Gasteiger partial charge in [-0.05, 0) is 44.1 Å². The van der Waals surface area contributed by atoms with Crippen LogP contribution in [0.1, 0.15) is 37.5 Å². The summed E-state index contributed by atoms with van der Waals surface area (Å²) < 4.78 is 2.28. The molecule has 5 heteroatoms. The van der Waals surface area contributed by atoms with Crippen LogP contribution in [0.15, 0.2) is 18.3 Å². The van der Waals surface area contributed by atoms with Gasteiger partial charge in [0.25, 0.3) is 0 Å². The highest BCUT2D eigenvalue weighted by atomic mass is 35.5. The number of hydrogen-bond acceptors (Lipinski definition) is 3. The minimum absolute atomic E-state index is 0.457. The Morgan fingerprint density at radius 1 is 1.37 bits per heavy atom. The van der Waals surface area contributed by atoms with E-state index in [0.29, 0.717) is 11.9 Å². The third kappa shape index (κ3) is 2.48. The maximum atomic E-state index is 6.06. The van der Waals surface area contributed by atoms with Crippen LogP contribution in [0.25, 0.3) is 11.2 Å². The molecule has 19 heavy (non-hydrogen) atoms. The molecular formula is C14H18ClN3S. The van der Waals surface area contributed by atoms with Crippen LogP contribution in [0.5, 0.6) is 0 Å². The third-order valence-electron chi connectivity index (χ3n) is 3.98. The zero-order chi connectivity index (χ0) is 13.2. The van der Waals surface area contributed by atoms with Crippen LogP contribution >= 0.6 is 23.4 Å². The largest absolute Gasteiger partial charge is 0.309 e. The summed E-state index contributed by atoms with van der Waals surface area (Å²) in [6.07, 6.45) is 9.02. The number of thioether (sulfide) groups is 1. The number of halogens is 1. The Kier molecular flexibility index (Phi) is 3.99. The van der Waals surface area contributed by atoms with Gasteiger partial charge < -0.3 is 4.57 Å². The minimum Gasteiger partial charge on any atom is -0.309 e. The van der Waals surface area contributed by atoms with Crippen molar-refractivity contribution in [2.75, 3.05) is 6.26 Å². The first-order valence-corrected chi connectivity index (χ1v) is 8.56. The molecular weight excluding hydrogens is 278 g/mol. The molecule has 1 aliphatic carbocycles. The first-order chi connectivity index (χ1) is 9.33. The van der Waals surface area contributed by atoms with Crippen molar-refractivity contribution in [3.05, 3.63) is 24.2 Å². The minimum atomic E-state index is 0.457. The quantitative estimate of drug-likeness (QED) is 0.801. The van der Waals surface area contributed by atoms with Gasteiger partial charge in [-0.3, -0.25) is 0 Å². The fourth-order valence-corrected chi connectivity index (χ4v) is 3.93. The standard InChI is InChI=1S/C14H18ClN3S/c1-19-11-6-4-10(5-7-11)18-13(9-15)17-12-3-2-8-16-14(12)18/h2-3,8,10-11H,4-7,9H2,1H3. The van der Waals surface area contributed by atoms with Crippen molar-refractivity contribution in [3.63, 3.8) is 0 Å². The fourth-order valence-electron chi connectivity index (χ4n) is 2.99. The van der Waals surface area contributed by atoms with Crippen LogP contribution in [0, 0.1) is 0 Å². The summed E-state index contributed by atoms with van der Waals surface area (Å²) >= 11 is 8.06. The SMILES string of the molecule is CSC1CCC(n2c(CCl)nc3cccnc32)CC1. The van der Waals surface area contributed by atoms with E-state index in [2.05, 4.69) is 20.8 Å². The van der Waals surface area contributed by atoms with Gasteiger partial charge in [0.15, 0.2) is 5.65 Å². The molecule has 102 valence electrons. The predicted molar refractivity (Wildman–Crippen MR) is 81.9 cm³/mol. The maximum absolute atomic E-state index is 6.06. The van der Waals surface area contributed by atoms with Crippen molar-refractivity contribution < 1.29 is 0 Å². The summed E-state index contributed by atoms with van der Waals surface area (Å²) in [5.41, 5.74) is 1.95. The highest BCUT2D eigenvalue weighted by Crippen LogP contribution is 2.36. The Balaban J connectivity index is 1.95. The Morgan fingerprint density at radius 2 is 2.16 bits per heavy atom. The molecule has 0 aromatic carbocycles. The number of alkyl halides is 1. The molecule has 2 aromatic heterocycles. The zero-order valence-corrected chi connectivity index (χ0v) is 12.6. The van der Waals surface area contributed by atoms with Gasteiger partial charge in [-0.1, -0.05) is 0 Å². The second kappa shape index (κ2) is 5.71. The number of hydrogen-bond donors (Lipinski definition) is 0. The van der Waals surface area contributed by atoms with Gasteiger partial charge in [0, 0.05) is 17.5 Å². The van der Waals surface area contributed by atoms with Gasteiger partial charge in [0.05, 0.1) is 5.88 Å². The van der Waals surface area contributed by atoms with E-state index in [4.69, 9.17) is 11.6 Å². The number of aromatic nitrogens is 3. The van der Waals surface area contributed by atoms with Gasteiger partial charge >= 0.3 is 0 Å². The van der Waals surface area contributed by atoms with Gasteiger partial charge in [0.2, 0.25) is 0 Å². The molecule has 0 amide bonds. The molecule has 0 bridgehead atoms. The Bertz CT molecular complexity index is 561. The molecule has 1 aliphatic rings. The van der Waals surface area contributed by atoms with Gasteiger partial charge in [0.1, 0.15) is 11.3 Å². The molecule has 2 aromatic rings. The normalized spacial score (nSPS) is 23.9. The highest BCUT2D eigenvalue weighted by molar-refractivity contribution is 7.99. The van der Waals surface area contributed by atoms with Crippen molar-refractivity contribution >= 4 is 34.5 Å². The smallest absolute Gasteiger partial charge is 0.160 e. The maximum Gasteiger partial charge on any atom is 0.160 e. The molecule has 0 unspecified atom stereocenters. The molecule has 2 heterocycles. The van der Waals surface area contributed by atoms with Crippen molar-refractivity contribution in [2.45, 2.75) is 42.9 Å². The summed E-state index contributed by atoms with van der Waals surface area (Å²) in [6, 6.07) is 4.46. The summed E-state index contributed by atoms with van der Waals surface area (Å²) in [6.45, 7) is 0. The predicted octanol–water partition coefficient (Wildman–Crippen LogP) is 4.02. The van der Waals surface area contributed by atoms with E-state index in [0.717, 1.165) is 22.2 Å². The van der Waals surface area contributed by atoms with E-state index in [1.807, 2.05) is 30.1 Å². The molecule has 0 N–H and O–H groups in total. The Labute approximate surface area is 122 Å². The van der Waals surface area contributed by atoms with Crippen molar-refractivity contribution in [1.82, 2.24) is 14.5 Å². The molecule has 0 saturated heterocycles. The molecule has 0 atom stereocenters. The average molecular weight is 296 g/mol. The lowest BCUT2D eigenvalue weighted by atomic mass is 9.94. The second-order valence-electron chi connectivity index (χ2n) is 5.04. The molecule has 3 nitrogen and oxygen atoms in total. The lowest BCUT2D eigenvalue weighted by Crippen LogP contribution is -2.20. The second-order valence-corrected chi connectivity index (χ2v) is 6.45. The van der Waals surface area contributed by atoms with E-state index < -0.39 is 0 Å². The number of pyridine rings is 1.